The molecule has 1 aliphatic heterocycles. The quantitative estimate of drug-likeness (QED) is 0.646. The molecule has 1 aliphatic carbocycles. The average molecular weight is 236 g/mol. The summed E-state index contributed by atoms with van der Waals surface area (Å²) in [5.41, 5.74) is 0.104. The number of hydrogen-bond donors (Lipinski definition) is 3. The third-order valence-corrected chi connectivity index (χ3v) is 3.84. The maximum atomic E-state index is 10.1. The Morgan fingerprint density at radius 2 is 1.88 bits per heavy atom. The molecule has 1 unspecified atom stereocenters. The molecular weight excluding hydrogens is 220 g/mol. The lowest BCUT2D eigenvalue weighted by Crippen LogP contribution is -2.38. The molecule has 0 amide bonds. The number of hydrogen-bond acceptors (Lipinski definition) is 4. The van der Waals surface area contributed by atoms with Crippen molar-refractivity contribution in [3.8, 4) is 17.2 Å². The summed E-state index contributed by atoms with van der Waals surface area (Å²) in [5, 5.41) is 29.3. The van der Waals surface area contributed by atoms with Gasteiger partial charge in [-0.3, -0.25) is 0 Å². The van der Waals surface area contributed by atoms with Gasteiger partial charge in [-0.1, -0.05) is 0 Å². The highest BCUT2D eigenvalue weighted by Gasteiger charge is 2.43. The van der Waals surface area contributed by atoms with E-state index < -0.39 is 6.10 Å². The van der Waals surface area contributed by atoms with Crippen LogP contribution >= 0.6 is 0 Å². The number of phenolic OH excluding ortho intramolecular Hbond substituents is 2. The van der Waals surface area contributed by atoms with Crippen molar-refractivity contribution < 1.29 is 20.1 Å². The molecule has 2 aliphatic rings. The molecule has 1 fully saturated rings. The minimum Gasteiger partial charge on any atom is -0.508 e. The van der Waals surface area contributed by atoms with Crippen molar-refractivity contribution in [3.05, 3.63) is 17.7 Å². The summed E-state index contributed by atoms with van der Waals surface area (Å²) >= 11 is 0. The molecule has 1 heterocycles. The van der Waals surface area contributed by atoms with Gasteiger partial charge in [0.2, 0.25) is 0 Å². The summed E-state index contributed by atoms with van der Waals surface area (Å²) < 4.78 is 5.93. The van der Waals surface area contributed by atoms with E-state index in [0.717, 1.165) is 25.7 Å². The Hall–Kier alpha value is -1.42. The van der Waals surface area contributed by atoms with E-state index in [-0.39, 0.29) is 17.1 Å². The van der Waals surface area contributed by atoms with E-state index in [1.807, 2.05) is 0 Å². The average Bonchev–Trinajstić information content (AvgIpc) is 2.63. The Morgan fingerprint density at radius 3 is 2.59 bits per heavy atom. The Morgan fingerprint density at radius 1 is 1.18 bits per heavy atom. The normalized spacial score (nSPS) is 25.6. The first kappa shape index (κ1) is 10.7. The van der Waals surface area contributed by atoms with Crippen LogP contribution in [0.4, 0.5) is 0 Å². The summed E-state index contributed by atoms with van der Waals surface area (Å²) in [4.78, 5) is 0. The zero-order chi connectivity index (χ0) is 12.0. The lowest BCUT2D eigenvalue weighted by atomic mass is 9.87. The predicted octanol–water partition coefficient (Wildman–Crippen LogP) is 2.23. The van der Waals surface area contributed by atoms with Crippen molar-refractivity contribution in [2.75, 3.05) is 0 Å². The van der Waals surface area contributed by atoms with E-state index in [4.69, 9.17) is 4.74 Å². The summed E-state index contributed by atoms with van der Waals surface area (Å²) in [6.45, 7) is 0. The van der Waals surface area contributed by atoms with Gasteiger partial charge in [-0.2, -0.15) is 0 Å². The highest BCUT2D eigenvalue weighted by molar-refractivity contribution is 5.52. The molecule has 0 aromatic heterocycles. The number of ether oxygens (including phenoxy) is 1. The highest BCUT2D eigenvalue weighted by Crippen LogP contribution is 2.50. The number of phenols is 2. The molecule has 0 saturated heterocycles. The van der Waals surface area contributed by atoms with E-state index in [2.05, 4.69) is 0 Å². The fourth-order valence-corrected chi connectivity index (χ4v) is 3.07. The molecule has 92 valence electrons. The van der Waals surface area contributed by atoms with Crippen LogP contribution in [0.25, 0.3) is 0 Å². The molecule has 0 bridgehead atoms. The number of aliphatic hydroxyl groups is 1. The van der Waals surface area contributed by atoms with E-state index >= 15 is 0 Å². The molecule has 1 aromatic carbocycles. The van der Waals surface area contributed by atoms with Crippen LogP contribution in [0.2, 0.25) is 0 Å². The predicted molar refractivity (Wildman–Crippen MR) is 61.2 cm³/mol. The van der Waals surface area contributed by atoms with Crippen molar-refractivity contribution in [2.45, 2.75) is 43.8 Å². The molecule has 1 spiro atoms. The van der Waals surface area contributed by atoms with E-state index in [1.165, 1.54) is 12.1 Å². The zero-order valence-corrected chi connectivity index (χ0v) is 9.52. The topological polar surface area (TPSA) is 69.9 Å². The molecule has 4 nitrogen and oxygen atoms in total. The first-order valence-corrected chi connectivity index (χ1v) is 6.03. The fraction of sp³-hybridized carbons (Fsp3) is 0.538. The summed E-state index contributed by atoms with van der Waals surface area (Å²) in [6.07, 6.45) is 3.88. The zero-order valence-electron chi connectivity index (χ0n) is 9.52. The smallest absolute Gasteiger partial charge is 0.133 e. The van der Waals surface area contributed by atoms with E-state index in [9.17, 15) is 15.3 Å². The van der Waals surface area contributed by atoms with Gasteiger partial charge in [0.1, 0.15) is 22.8 Å². The number of aliphatic hydroxyl groups excluding tert-OH is 1. The Kier molecular flexibility index (Phi) is 2.23. The third-order valence-electron chi connectivity index (χ3n) is 3.84. The molecular formula is C13H16O4. The molecule has 1 aromatic rings. The number of benzene rings is 1. The first-order chi connectivity index (χ1) is 8.10. The van der Waals surface area contributed by atoms with Gasteiger partial charge in [0, 0.05) is 18.6 Å². The SMILES string of the molecule is Oc1cc(O)c2c(c1)OC1(CCCC1)CC2O. The van der Waals surface area contributed by atoms with Crippen molar-refractivity contribution in [3.63, 3.8) is 0 Å². The fourth-order valence-electron chi connectivity index (χ4n) is 3.07. The Balaban J connectivity index is 2.05. The van der Waals surface area contributed by atoms with Crippen molar-refractivity contribution in [1.29, 1.82) is 0 Å². The number of fused-ring (bicyclic) bond motifs is 1. The molecule has 3 N–H and O–H groups in total. The van der Waals surface area contributed by atoms with Gasteiger partial charge in [0.05, 0.1) is 11.7 Å². The van der Waals surface area contributed by atoms with Gasteiger partial charge in [-0.15, -0.1) is 0 Å². The first-order valence-electron chi connectivity index (χ1n) is 6.03. The second-order valence-corrected chi connectivity index (χ2v) is 5.09. The Labute approximate surface area is 99.5 Å². The van der Waals surface area contributed by atoms with Gasteiger partial charge in [-0.25, -0.2) is 0 Å². The van der Waals surface area contributed by atoms with E-state index in [1.54, 1.807) is 0 Å². The van der Waals surface area contributed by atoms with Crippen molar-refractivity contribution in [1.82, 2.24) is 0 Å². The van der Waals surface area contributed by atoms with Gasteiger partial charge in [0.15, 0.2) is 0 Å². The van der Waals surface area contributed by atoms with Crippen LogP contribution < -0.4 is 4.74 Å². The van der Waals surface area contributed by atoms with Crippen molar-refractivity contribution >= 4 is 0 Å². The van der Waals surface area contributed by atoms with Gasteiger partial charge < -0.3 is 20.1 Å². The maximum Gasteiger partial charge on any atom is 0.133 e. The molecule has 1 atom stereocenters. The monoisotopic (exact) mass is 236 g/mol. The second-order valence-electron chi connectivity index (χ2n) is 5.09. The third kappa shape index (κ3) is 1.63. The molecule has 17 heavy (non-hydrogen) atoms. The molecule has 3 rings (SSSR count). The standard InChI is InChI=1S/C13H16O4/c14-8-5-9(15)12-10(16)7-13(3-1-2-4-13)17-11(12)6-8/h5-6,10,14-16H,1-4,7H2. The summed E-state index contributed by atoms with van der Waals surface area (Å²) in [5.74, 6) is 0.284. The minimum absolute atomic E-state index is 0.0384. The van der Waals surface area contributed by atoms with Crippen LogP contribution in [0.5, 0.6) is 17.2 Å². The second kappa shape index (κ2) is 3.53. The van der Waals surface area contributed by atoms with Gasteiger partial charge in [0.25, 0.3) is 0 Å². The van der Waals surface area contributed by atoms with E-state index in [0.29, 0.717) is 17.7 Å². The summed E-state index contributed by atoms with van der Waals surface area (Å²) in [6, 6.07) is 2.70. The lowest BCUT2D eigenvalue weighted by molar-refractivity contribution is -0.0108. The van der Waals surface area contributed by atoms with Crippen LogP contribution in [-0.2, 0) is 0 Å². The van der Waals surface area contributed by atoms with Crippen LogP contribution in [0.3, 0.4) is 0 Å². The molecule has 0 radical (unpaired) electrons. The van der Waals surface area contributed by atoms with Crippen LogP contribution in [-0.4, -0.2) is 20.9 Å². The highest BCUT2D eigenvalue weighted by atomic mass is 16.5. The van der Waals surface area contributed by atoms with Crippen LogP contribution in [0, 0.1) is 0 Å². The number of rotatable bonds is 0. The minimum atomic E-state index is -0.711. The largest absolute Gasteiger partial charge is 0.508 e. The molecule has 1 saturated carbocycles. The Bertz CT molecular complexity index is 449. The summed E-state index contributed by atoms with van der Waals surface area (Å²) in [7, 11) is 0. The maximum absolute atomic E-state index is 10.1. The van der Waals surface area contributed by atoms with Crippen LogP contribution in [0.1, 0.15) is 43.8 Å². The lowest BCUT2D eigenvalue weighted by Gasteiger charge is -2.38. The number of aromatic hydroxyl groups is 2. The van der Waals surface area contributed by atoms with Gasteiger partial charge in [-0.05, 0) is 25.7 Å². The molecule has 4 heteroatoms. The van der Waals surface area contributed by atoms with Crippen molar-refractivity contribution in [2.24, 2.45) is 0 Å². The van der Waals surface area contributed by atoms with Crippen LogP contribution in [0.15, 0.2) is 12.1 Å². The van der Waals surface area contributed by atoms with Gasteiger partial charge >= 0.3 is 0 Å².